The lowest BCUT2D eigenvalue weighted by atomic mass is 10.2. The number of nitrogens with one attached hydrogen (secondary N) is 1. The number of rotatable bonds is 8. The van der Waals surface area contributed by atoms with Crippen LogP contribution in [0.2, 0.25) is 5.02 Å². The van der Waals surface area contributed by atoms with E-state index in [1.165, 1.54) is 13.0 Å². The standard InChI is InChI=1S/C16H15ClF5N3OS/c1-9-4-10(19)12(5-13(9)27-7-16(20,21)22)26-3-2-23-15-14(17)11(6-18)24-8-25-15/h4-5,8H,2-3,6-7H2,1H3,(H,23,24,25). The van der Waals surface area contributed by atoms with Crippen LogP contribution < -0.4 is 10.1 Å². The summed E-state index contributed by atoms with van der Waals surface area (Å²) in [4.78, 5) is 7.82. The fourth-order valence-electron chi connectivity index (χ4n) is 2.01. The van der Waals surface area contributed by atoms with Crippen LogP contribution in [0, 0.1) is 12.7 Å². The lowest BCUT2D eigenvalue weighted by Crippen LogP contribution is -2.14. The minimum Gasteiger partial charge on any atom is -0.489 e. The molecule has 1 heterocycles. The number of thioether (sulfide) groups is 1. The maximum absolute atomic E-state index is 14.0. The van der Waals surface area contributed by atoms with Crippen molar-refractivity contribution in [3.8, 4) is 5.75 Å². The molecule has 0 fully saturated rings. The highest BCUT2D eigenvalue weighted by Crippen LogP contribution is 2.33. The van der Waals surface area contributed by atoms with E-state index in [1.54, 1.807) is 0 Å². The maximum Gasteiger partial charge on any atom is 0.398 e. The predicted molar refractivity (Wildman–Crippen MR) is 93.8 cm³/mol. The summed E-state index contributed by atoms with van der Waals surface area (Å²) in [5.74, 6) is -1.72. The fourth-order valence-corrected chi connectivity index (χ4v) is 3.02. The summed E-state index contributed by atoms with van der Waals surface area (Å²) in [6.45, 7) is 0.807. The number of aryl methyl sites for hydroxylation is 1. The molecule has 0 atom stereocenters. The number of anilines is 1. The molecule has 0 aliphatic rings. The zero-order chi connectivity index (χ0) is 20.0. The van der Waals surface area contributed by atoms with Crippen molar-refractivity contribution < 1.29 is 26.7 Å². The third-order valence-corrected chi connectivity index (χ3v) is 4.88. The van der Waals surface area contributed by atoms with Gasteiger partial charge in [-0.05, 0) is 24.6 Å². The molecule has 148 valence electrons. The second kappa shape index (κ2) is 9.41. The number of hydrogen-bond acceptors (Lipinski definition) is 5. The van der Waals surface area contributed by atoms with Crippen LogP contribution in [-0.4, -0.2) is 35.0 Å². The number of nitrogens with zero attached hydrogens (tertiary/aromatic N) is 2. The Morgan fingerprint density at radius 2 is 2.00 bits per heavy atom. The highest BCUT2D eigenvalue weighted by atomic mass is 35.5. The second-order valence-electron chi connectivity index (χ2n) is 5.34. The van der Waals surface area contributed by atoms with Crippen LogP contribution in [0.5, 0.6) is 5.75 Å². The Bertz CT molecular complexity index is 791. The molecule has 1 aromatic heterocycles. The van der Waals surface area contributed by atoms with Gasteiger partial charge in [-0.2, -0.15) is 13.2 Å². The molecule has 27 heavy (non-hydrogen) atoms. The van der Waals surface area contributed by atoms with E-state index in [1.807, 2.05) is 0 Å². The summed E-state index contributed by atoms with van der Waals surface area (Å²) < 4.78 is 69.0. The molecule has 0 aliphatic carbocycles. The Balaban J connectivity index is 1.95. The van der Waals surface area contributed by atoms with Gasteiger partial charge in [-0.3, -0.25) is 0 Å². The largest absolute Gasteiger partial charge is 0.489 e. The summed E-state index contributed by atoms with van der Waals surface area (Å²) in [5.41, 5.74) is 0.421. The monoisotopic (exact) mass is 427 g/mol. The minimum atomic E-state index is -4.33. The normalized spacial score (nSPS) is 11.5. The van der Waals surface area contributed by atoms with Gasteiger partial charge in [-0.15, -0.1) is 11.8 Å². The molecule has 1 N–H and O–H groups in total. The number of alkyl halides is 4. The number of hydrogen-bond donors (Lipinski definition) is 1. The van der Waals surface area contributed by atoms with Crippen LogP contribution in [0.15, 0.2) is 23.4 Å². The van der Waals surface area contributed by atoms with Crippen LogP contribution in [-0.2, 0) is 6.67 Å². The smallest absolute Gasteiger partial charge is 0.398 e. The molecule has 0 aliphatic heterocycles. The van der Waals surface area contributed by atoms with Gasteiger partial charge in [0.2, 0.25) is 0 Å². The Labute approximate surface area is 161 Å². The van der Waals surface area contributed by atoms with E-state index < -0.39 is 24.4 Å². The van der Waals surface area contributed by atoms with Crippen LogP contribution >= 0.6 is 23.4 Å². The Hall–Kier alpha value is -1.81. The van der Waals surface area contributed by atoms with Gasteiger partial charge in [-0.25, -0.2) is 18.7 Å². The average Bonchev–Trinajstić information content (AvgIpc) is 2.59. The molecule has 0 amide bonds. The van der Waals surface area contributed by atoms with Gasteiger partial charge < -0.3 is 10.1 Å². The molecule has 0 radical (unpaired) electrons. The minimum absolute atomic E-state index is 0.0192. The summed E-state index contributed by atoms with van der Waals surface area (Å²) in [6.07, 6.45) is -3.18. The molecule has 0 unspecified atom stereocenters. The Morgan fingerprint density at radius 3 is 2.67 bits per heavy atom. The van der Waals surface area contributed by atoms with Crippen molar-refractivity contribution in [2.45, 2.75) is 24.7 Å². The molecule has 1 aromatic carbocycles. The lowest BCUT2D eigenvalue weighted by molar-refractivity contribution is -0.105. The van der Waals surface area contributed by atoms with E-state index in [0.717, 1.165) is 12.4 Å². The van der Waals surface area contributed by atoms with Gasteiger partial charge in [0.05, 0.1) is 18.0 Å². The molecule has 11 heteroatoms. The highest BCUT2D eigenvalue weighted by Gasteiger charge is 2.27. The van der Waals surface area contributed by atoms with Crippen molar-refractivity contribution in [2.24, 2.45) is 0 Å². The average molecular weight is 428 g/mol. The first-order chi connectivity index (χ1) is 12.7. The predicted octanol–water partition coefficient (Wildman–Crippen LogP) is 5.19. The molecular formula is C16H15ClF5N3OS. The first-order valence-electron chi connectivity index (χ1n) is 7.63. The summed E-state index contributed by atoms with van der Waals surface area (Å²) in [7, 11) is 0. The number of benzene rings is 1. The van der Waals surface area contributed by atoms with Crippen molar-refractivity contribution in [3.63, 3.8) is 0 Å². The van der Waals surface area contributed by atoms with Gasteiger partial charge >= 0.3 is 6.18 Å². The van der Waals surface area contributed by atoms with E-state index in [9.17, 15) is 22.0 Å². The Morgan fingerprint density at radius 1 is 1.26 bits per heavy atom. The number of aromatic nitrogens is 2. The zero-order valence-electron chi connectivity index (χ0n) is 14.0. The molecule has 0 saturated carbocycles. The van der Waals surface area contributed by atoms with E-state index in [2.05, 4.69) is 15.3 Å². The quantitative estimate of drug-likeness (QED) is 0.357. The lowest BCUT2D eigenvalue weighted by Gasteiger charge is -2.13. The zero-order valence-corrected chi connectivity index (χ0v) is 15.6. The SMILES string of the molecule is Cc1cc(F)c(OCCNc2ncnc(CF)c2Cl)cc1SCC(F)(F)F. The molecule has 4 nitrogen and oxygen atoms in total. The summed E-state index contributed by atoms with van der Waals surface area (Å²) in [5, 5.41) is 2.83. The molecular weight excluding hydrogens is 413 g/mol. The van der Waals surface area contributed by atoms with E-state index in [-0.39, 0.29) is 40.3 Å². The third kappa shape index (κ3) is 6.39. The van der Waals surface area contributed by atoms with Crippen molar-refractivity contribution >= 4 is 29.2 Å². The van der Waals surface area contributed by atoms with Gasteiger partial charge in [0.15, 0.2) is 11.6 Å². The van der Waals surface area contributed by atoms with Crippen LogP contribution in [0.3, 0.4) is 0 Å². The second-order valence-corrected chi connectivity index (χ2v) is 6.74. The summed E-state index contributed by atoms with van der Waals surface area (Å²) in [6, 6.07) is 2.36. The van der Waals surface area contributed by atoms with Crippen LogP contribution in [0.4, 0.5) is 27.8 Å². The summed E-state index contributed by atoms with van der Waals surface area (Å²) >= 11 is 6.48. The number of halogens is 6. The molecule has 2 aromatic rings. The van der Waals surface area contributed by atoms with Crippen LogP contribution in [0.1, 0.15) is 11.3 Å². The van der Waals surface area contributed by atoms with E-state index in [4.69, 9.17) is 16.3 Å². The van der Waals surface area contributed by atoms with Crippen LogP contribution in [0.25, 0.3) is 0 Å². The van der Waals surface area contributed by atoms with E-state index >= 15 is 0 Å². The van der Waals surface area contributed by atoms with Gasteiger partial charge in [0.1, 0.15) is 30.4 Å². The molecule has 0 saturated heterocycles. The number of ether oxygens (including phenoxy) is 1. The highest BCUT2D eigenvalue weighted by molar-refractivity contribution is 7.99. The van der Waals surface area contributed by atoms with Gasteiger partial charge in [-0.1, -0.05) is 11.6 Å². The maximum atomic E-state index is 14.0. The van der Waals surface area contributed by atoms with Crippen molar-refractivity contribution in [2.75, 3.05) is 24.2 Å². The molecule has 2 rings (SSSR count). The van der Waals surface area contributed by atoms with E-state index in [0.29, 0.717) is 17.3 Å². The fraction of sp³-hybridized carbons (Fsp3) is 0.375. The Kier molecular flexibility index (Phi) is 7.49. The first-order valence-corrected chi connectivity index (χ1v) is 8.99. The topological polar surface area (TPSA) is 47.0 Å². The third-order valence-electron chi connectivity index (χ3n) is 3.26. The molecule has 0 bridgehead atoms. The van der Waals surface area contributed by atoms with Crippen molar-refractivity contribution in [1.82, 2.24) is 9.97 Å². The van der Waals surface area contributed by atoms with Crippen molar-refractivity contribution in [3.05, 3.63) is 40.6 Å². The molecule has 0 spiro atoms. The van der Waals surface area contributed by atoms with Gasteiger partial charge in [0, 0.05) is 4.90 Å². The van der Waals surface area contributed by atoms with Gasteiger partial charge in [0.25, 0.3) is 0 Å². The van der Waals surface area contributed by atoms with Crippen molar-refractivity contribution in [1.29, 1.82) is 0 Å². The first kappa shape index (κ1) is 21.5.